The van der Waals surface area contributed by atoms with E-state index in [-0.39, 0.29) is 0 Å². The Morgan fingerprint density at radius 3 is 2.20 bits per heavy atom. The van der Waals surface area contributed by atoms with Gasteiger partial charge >= 0.3 is 0 Å². The first-order valence-corrected chi connectivity index (χ1v) is 15.1. The van der Waals surface area contributed by atoms with Gasteiger partial charge in [0.15, 0.2) is 0 Å². The average molecular weight is 561 g/mol. The normalized spacial score (nSPS) is 13.7. The fraction of sp³-hybridized carbons (Fsp3) is 0.0238. The van der Waals surface area contributed by atoms with E-state index < -0.39 is 0 Å². The number of aromatic nitrogens is 1. The van der Waals surface area contributed by atoms with Gasteiger partial charge in [-0.15, -0.1) is 0 Å². The zero-order valence-electron chi connectivity index (χ0n) is 24.2. The summed E-state index contributed by atoms with van der Waals surface area (Å²) in [5, 5.41) is 2.50. The molecule has 0 spiro atoms. The van der Waals surface area contributed by atoms with Crippen molar-refractivity contribution >= 4 is 50.4 Å². The summed E-state index contributed by atoms with van der Waals surface area (Å²) >= 11 is 0. The highest BCUT2D eigenvalue weighted by atomic mass is 15.0. The third-order valence-corrected chi connectivity index (χ3v) is 9.09. The summed E-state index contributed by atoms with van der Waals surface area (Å²) in [6.45, 7) is 4.51. The van der Waals surface area contributed by atoms with Crippen molar-refractivity contribution in [3.05, 3.63) is 163 Å². The first-order chi connectivity index (χ1) is 21.7. The third-order valence-electron chi connectivity index (χ3n) is 9.09. The molecule has 2 heteroatoms. The van der Waals surface area contributed by atoms with Gasteiger partial charge in [-0.05, 0) is 87.5 Å². The molecule has 2 nitrogen and oxygen atoms in total. The maximum atomic E-state index is 4.95. The van der Waals surface area contributed by atoms with Gasteiger partial charge < -0.3 is 4.57 Å². The van der Waals surface area contributed by atoms with Gasteiger partial charge in [0.1, 0.15) is 0 Å². The predicted molar refractivity (Wildman–Crippen MR) is 187 cm³/mol. The second kappa shape index (κ2) is 9.65. The lowest BCUT2D eigenvalue weighted by Gasteiger charge is -2.12. The monoisotopic (exact) mass is 560 g/mol. The van der Waals surface area contributed by atoms with Crippen molar-refractivity contribution in [1.29, 1.82) is 0 Å². The Morgan fingerprint density at radius 2 is 1.27 bits per heavy atom. The second-order valence-corrected chi connectivity index (χ2v) is 11.7. The topological polar surface area (TPSA) is 17.3 Å². The van der Waals surface area contributed by atoms with Crippen LogP contribution in [0.5, 0.6) is 0 Å². The largest absolute Gasteiger partial charge is 0.309 e. The third kappa shape index (κ3) is 3.85. The van der Waals surface area contributed by atoms with Crippen molar-refractivity contribution in [1.82, 2.24) is 4.57 Å². The minimum atomic E-state index is 0.755. The van der Waals surface area contributed by atoms with E-state index in [0.29, 0.717) is 0 Å². The van der Waals surface area contributed by atoms with Gasteiger partial charge in [0.25, 0.3) is 0 Å². The zero-order valence-corrected chi connectivity index (χ0v) is 24.2. The Labute approximate surface area is 256 Å². The van der Waals surface area contributed by atoms with Gasteiger partial charge in [-0.2, -0.15) is 0 Å². The molecule has 9 rings (SSSR count). The van der Waals surface area contributed by atoms with E-state index in [1.54, 1.807) is 0 Å². The number of hydrogen-bond donors (Lipinski definition) is 0. The van der Waals surface area contributed by atoms with Crippen molar-refractivity contribution < 1.29 is 0 Å². The van der Waals surface area contributed by atoms with Gasteiger partial charge in [0, 0.05) is 34.0 Å². The molecule has 7 aromatic rings. The number of para-hydroxylation sites is 2. The van der Waals surface area contributed by atoms with E-state index in [1.807, 2.05) is 0 Å². The molecule has 0 saturated heterocycles. The number of fused-ring (bicyclic) bond motifs is 7. The van der Waals surface area contributed by atoms with Crippen LogP contribution in [0.3, 0.4) is 0 Å². The smallest absolute Gasteiger partial charge is 0.0712 e. The summed E-state index contributed by atoms with van der Waals surface area (Å²) in [4.78, 5) is 4.95. The van der Waals surface area contributed by atoms with Crippen molar-refractivity contribution in [2.24, 2.45) is 4.99 Å². The highest BCUT2D eigenvalue weighted by Crippen LogP contribution is 2.43. The maximum Gasteiger partial charge on any atom is 0.0712 e. The fourth-order valence-corrected chi connectivity index (χ4v) is 6.96. The van der Waals surface area contributed by atoms with Gasteiger partial charge in [-0.3, -0.25) is 4.99 Å². The summed E-state index contributed by atoms with van der Waals surface area (Å²) < 4.78 is 2.39. The van der Waals surface area contributed by atoms with Gasteiger partial charge in [-0.25, -0.2) is 0 Å². The molecule has 1 aliphatic carbocycles. The average Bonchev–Trinajstić information content (AvgIpc) is 3.55. The van der Waals surface area contributed by atoms with Crippen LogP contribution in [0.2, 0.25) is 0 Å². The standard InChI is InChI=1S/C42H28N2/c1-27-22-40-37(34-14-5-7-16-39(34)43-40)26-32-19-18-30(24-36(27)32)31-20-21-42-38(25-31)35-15-6-8-17-41(35)44(42)33-13-9-12-29(23-33)28-10-3-2-4-11-28/h2-21,23-26H,1,22H2. The predicted octanol–water partition coefficient (Wildman–Crippen LogP) is 11.2. The lowest BCUT2D eigenvalue weighted by molar-refractivity contribution is 1.18. The van der Waals surface area contributed by atoms with E-state index in [4.69, 9.17) is 4.99 Å². The van der Waals surface area contributed by atoms with E-state index in [9.17, 15) is 0 Å². The maximum absolute atomic E-state index is 4.95. The number of hydrogen-bond acceptors (Lipinski definition) is 1. The van der Waals surface area contributed by atoms with E-state index in [1.165, 1.54) is 66.3 Å². The molecule has 44 heavy (non-hydrogen) atoms. The van der Waals surface area contributed by atoms with Crippen molar-refractivity contribution in [2.75, 3.05) is 0 Å². The molecule has 1 aliphatic heterocycles. The lowest BCUT2D eigenvalue weighted by Crippen LogP contribution is -1.96. The van der Waals surface area contributed by atoms with Crippen LogP contribution in [-0.4, -0.2) is 10.3 Å². The summed E-state index contributed by atoms with van der Waals surface area (Å²) in [6, 6.07) is 50.3. The van der Waals surface area contributed by atoms with Crippen LogP contribution in [0.15, 0.2) is 151 Å². The molecular weight excluding hydrogens is 532 g/mol. The highest BCUT2D eigenvalue weighted by Gasteiger charge is 2.25. The number of nitrogens with zero attached hydrogens (tertiary/aromatic N) is 2. The summed E-state index contributed by atoms with van der Waals surface area (Å²) in [7, 11) is 0. The number of allylic oxidation sites excluding steroid dienone is 2. The first-order valence-electron chi connectivity index (χ1n) is 15.1. The Bertz CT molecular complexity index is 2370. The van der Waals surface area contributed by atoms with Crippen molar-refractivity contribution in [3.8, 4) is 27.9 Å². The van der Waals surface area contributed by atoms with E-state index >= 15 is 0 Å². The minimum Gasteiger partial charge on any atom is -0.309 e. The molecule has 0 unspecified atom stereocenters. The Balaban J connectivity index is 1.17. The highest BCUT2D eigenvalue weighted by molar-refractivity contribution is 6.35. The Hall–Kier alpha value is -5.73. The van der Waals surface area contributed by atoms with E-state index in [2.05, 4.69) is 157 Å². The van der Waals surface area contributed by atoms with Crippen LogP contribution in [0.1, 0.15) is 23.1 Å². The summed E-state index contributed by atoms with van der Waals surface area (Å²) in [5.74, 6) is 0. The van der Waals surface area contributed by atoms with Crippen LogP contribution in [0.25, 0.3) is 67.0 Å². The van der Waals surface area contributed by atoms with Crippen LogP contribution in [-0.2, 0) is 0 Å². The molecule has 0 radical (unpaired) electrons. The molecule has 0 atom stereocenters. The molecule has 6 aromatic carbocycles. The van der Waals surface area contributed by atoms with Crippen LogP contribution in [0.4, 0.5) is 5.69 Å². The second-order valence-electron chi connectivity index (χ2n) is 11.7. The molecule has 0 saturated carbocycles. The minimum absolute atomic E-state index is 0.755. The lowest BCUT2D eigenvalue weighted by atomic mass is 9.94. The molecule has 0 N–H and O–H groups in total. The number of aliphatic imine (C=N–C) groups is 1. The molecule has 2 aliphatic rings. The quantitative estimate of drug-likeness (QED) is 0.204. The number of rotatable bonds is 3. The molecule has 0 fully saturated rings. The molecule has 1 aromatic heterocycles. The van der Waals surface area contributed by atoms with E-state index in [0.717, 1.165) is 29.1 Å². The van der Waals surface area contributed by atoms with Crippen molar-refractivity contribution in [2.45, 2.75) is 6.42 Å². The summed E-state index contributed by atoms with van der Waals surface area (Å²) in [5.41, 5.74) is 16.5. The first kappa shape index (κ1) is 24.8. The van der Waals surface area contributed by atoms with Gasteiger partial charge in [-0.1, -0.05) is 104 Å². The fourth-order valence-electron chi connectivity index (χ4n) is 6.96. The van der Waals surface area contributed by atoms with Gasteiger partial charge in [0.2, 0.25) is 0 Å². The summed E-state index contributed by atoms with van der Waals surface area (Å²) in [6.07, 6.45) is 3.05. The Morgan fingerprint density at radius 1 is 0.545 bits per heavy atom. The van der Waals surface area contributed by atoms with Gasteiger partial charge in [0.05, 0.1) is 22.4 Å². The molecule has 206 valence electrons. The SMILES string of the molecule is C=C1CC2=Nc3ccccc3C2=Cc2ccc(-c3ccc4c(c3)c3ccccc3n4-c3cccc(-c4ccccc4)c3)cc21. The molecule has 2 heterocycles. The molecule has 0 bridgehead atoms. The molecule has 0 amide bonds. The zero-order chi connectivity index (χ0) is 29.2. The van der Waals surface area contributed by atoms with Crippen LogP contribution < -0.4 is 0 Å². The molecular formula is C42H28N2. The van der Waals surface area contributed by atoms with Crippen molar-refractivity contribution in [3.63, 3.8) is 0 Å². The Kier molecular flexibility index (Phi) is 5.45. The van der Waals surface area contributed by atoms with Crippen LogP contribution in [0, 0.1) is 0 Å². The number of benzene rings is 6. The van der Waals surface area contributed by atoms with Crippen LogP contribution >= 0.6 is 0 Å².